The van der Waals surface area contributed by atoms with Gasteiger partial charge in [0.1, 0.15) is 11.9 Å². The number of aromatic nitrogens is 2. The van der Waals surface area contributed by atoms with Gasteiger partial charge in [0, 0.05) is 18.5 Å². The van der Waals surface area contributed by atoms with Crippen LogP contribution in [0.1, 0.15) is 17.4 Å². The first-order valence-corrected chi connectivity index (χ1v) is 6.04. The number of hydrogen-bond acceptors (Lipinski definition) is 2. The van der Waals surface area contributed by atoms with Crippen molar-refractivity contribution in [2.24, 2.45) is 7.05 Å². The van der Waals surface area contributed by atoms with Crippen molar-refractivity contribution in [3.8, 4) is 0 Å². The molecule has 3 nitrogen and oxygen atoms in total. The summed E-state index contributed by atoms with van der Waals surface area (Å²) in [5.41, 5.74) is 1.17. The van der Waals surface area contributed by atoms with Crippen molar-refractivity contribution >= 4 is 23.2 Å². The minimum atomic E-state index is -0.840. The second-order valence-electron chi connectivity index (χ2n) is 3.96. The van der Waals surface area contributed by atoms with Crippen LogP contribution in [0.2, 0.25) is 10.0 Å². The Kier molecular flexibility index (Phi) is 3.90. The lowest BCUT2D eigenvalue weighted by atomic mass is 10.1. The van der Waals surface area contributed by atoms with Crippen LogP contribution < -0.4 is 0 Å². The van der Waals surface area contributed by atoms with E-state index in [-0.39, 0.29) is 11.4 Å². The number of benzene rings is 1. The van der Waals surface area contributed by atoms with Gasteiger partial charge in [-0.2, -0.15) is 5.10 Å². The summed E-state index contributed by atoms with van der Waals surface area (Å²) in [5, 5.41) is 14.7. The normalized spacial score (nSPS) is 12.7. The third-order valence-electron chi connectivity index (χ3n) is 2.68. The van der Waals surface area contributed by atoms with E-state index in [2.05, 4.69) is 5.10 Å². The largest absolute Gasteiger partial charge is 0.386 e. The average Bonchev–Trinajstić information content (AvgIpc) is 2.62. The maximum Gasteiger partial charge on any atom is 0.124 e. The topological polar surface area (TPSA) is 38.0 Å². The summed E-state index contributed by atoms with van der Waals surface area (Å²) in [6.45, 7) is 0. The van der Waals surface area contributed by atoms with Crippen LogP contribution in [-0.2, 0) is 13.5 Å². The van der Waals surface area contributed by atoms with Gasteiger partial charge in [-0.3, -0.25) is 4.68 Å². The monoisotopic (exact) mass is 288 g/mol. The summed E-state index contributed by atoms with van der Waals surface area (Å²) in [7, 11) is 1.69. The summed E-state index contributed by atoms with van der Waals surface area (Å²) in [6, 6.07) is 4.07. The summed E-state index contributed by atoms with van der Waals surface area (Å²) >= 11 is 11.8. The van der Waals surface area contributed by atoms with E-state index in [1.54, 1.807) is 13.1 Å². The van der Waals surface area contributed by atoms with Crippen LogP contribution in [0.15, 0.2) is 24.4 Å². The zero-order valence-corrected chi connectivity index (χ0v) is 11.1. The number of hydrogen-bond donors (Lipinski definition) is 1. The van der Waals surface area contributed by atoms with Gasteiger partial charge in [0.25, 0.3) is 0 Å². The van der Waals surface area contributed by atoms with Gasteiger partial charge >= 0.3 is 0 Å². The Hall–Kier alpha value is -1.10. The van der Waals surface area contributed by atoms with Crippen molar-refractivity contribution in [2.45, 2.75) is 12.5 Å². The van der Waals surface area contributed by atoms with E-state index >= 15 is 0 Å². The maximum atomic E-state index is 12.9. The molecule has 0 radical (unpaired) electrons. The highest BCUT2D eigenvalue weighted by Gasteiger charge is 2.18. The molecule has 0 amide bonds. The van der Waals surface area contributed by atoms with Crippen LogP contribution in [0.25, 0.3) is 0 Å². The molecule has 0 aliphatic heterocycles. The molecule has 2 rings (SSSR count). The number of aliphatic hydroxyl groups excluding tert-OH is 1. The van der Waals surface area contributed by atoms with Crippen molar-refractivity contribution in [1.82, 2.24) is 9.78 Å². The van der Waals surface area contributed by atoms with Crippen LogP contribution in [0.3, 0.4) is 0 Å². The zero-order valence-electron chi connectivity index (χ0n) is 9.57. The highest BCUT2D eigenvalue weighted by Crippen LogP contribution is 2.27. The Morgan fingerprint density at radius 2 is 2.11 bits per heavy atom. The van der Waals surface area contributed by atoms with Gasteiger partial charge in [0.05, 0.1) is 16.9 Å². The number of aliphatic hydroxyl groups is 1. The van der Waals surface area contributed by atoms with Gasteiger partial charge in [-0.1, -0.05) is 29.3 Å². The first-order valence-electron chi connectivity index (χ1n) is 5.28. The quantitative estimate of drug-likeness (QED) is 0.942. The summed E-state index contributed by atoms with van der Waals surface area (Å²) in [6.07, 6.45) is 0.873. The van der Waals surface area contributed by atoms with Gasteiger partial charge in [-0.15, -0.1) is 0 Å². The van der Waals surface area contributed by atoms with Gasteiger partial charge in [0.2, 0.25) is 0 Å². The number of halogens is 3. The van der Waals surface area contributed by atoms with Crippen LogP contribution >= 0.6 is 23.2 Å². The molecule has 1 aromatic carbocycles. The summed E-state index contributed by atoms with van der Waals surface area (Å²) in [5.74, 6) is -0.406. The first kappa shape index (κ1) is 13.3. The Morgan fingerprint density at radius 1 is 1.39 bits per heavy atom. The molecule has 1 N–H and O–H groups in total. The van der Waals surface area contributed by atoms with E-state index in [0.29, 0.717) is 16.3 Å². The molecule has 96 valence electrons. The Bertz CT molecular complexity index is 552. The van der Waals surface area contributed by atoms with Gasteiger partial charge in [-0.25, -0.2) is 4.39 Å². The molecule has 0 bridgehead atoms. The van der Waals surface area contributed by atoms with Crippen LogP contribution in [0, 0.1) is 5.82 Å². The summed E-state index contributed by atoms with van der Waals surface area (Å²) in [4.78, 5) is 0. The SMILES string of the molecule is Cn1ncc(Cl)c1C(O)Cc1ccc(F)cc1Cl. The van der Waals surface area contributed by atoms with Gasteiger partial charge in [-0.05, 0) is 17.7 Å². The predicted molar refractivity (Wildman–Crippen MR) is 68.3 cm³/mol. The molecule has 18 heavy (non-hydrogen) atoms. The fraction of sp³-hybridized carbons (Fsp3) is 0.250. The van der Waals surface area contributed by atoms with Crippen molar-refractivity contribution in [3.05, 3.63) is 51.5 Å². The predicted octanol–water partition coefficient (Wildman–Crippen LogP) is 3.14. The first-order chi connectivity index (χ1) is 8.49. The molecular weight excluding hydrogens is 278 g/mol. The fourth-order valence-corrected chi connectivity index (χ4v) is 2.32. The Balaban J connectivity index is 2.24. The molecule has 1 unspecified atom stereocenters. The molecule has 1 aromatic heterocycles. The Morgan fingerprint density at radius 3 is 2.67 bits per heavy atom. The highest BCUT2D eigenvalue weighted by molar-refractivity contribution is 6.31. The molecule has 1 heterocycles. The molecular formula is C12H11Cl2FN2O. The lowest BCUT2D eigenvalue weighted by Gasteiger charge is -2.13. The average molecular weight is 289 g/mol. The third-order valence-corrected chi connectivity index (χ3v) is 3.32. The van der Waals surface area contributed by atoms with E-state index in [0.717, 1.165) is 0 Å². The van der Waals surface area contributed by atoms with Crippen LogP contribution in [0.4, 0.5) is 4.39 Å². The number of nitrogens with zero attached hydrogens (tertiary/aromatic N) is 2. The van der Waals surface area contributed by atoms with Crippen molar-refractivity contribution in [3.63, 3.8) is 0 Å². The number of rotatable bonds is 3. The lowest BCUT2D eigenvalue weighted by Crippen LogP contribution is -2.09. The standard InChI is InChI=1S/C12H11Cl2FN2O/c1-17-12(10(14)6-16-17)11(18)4-7-2-3-8(15)5-9(7)13/h2-3,5-6,11,18H,4H2,1H3. The molecule has 0 saturated carbocycles. The molecule has 0 saturated heterocycles. The van der Waals surface area contributed by atoms with Crippen molar-refractivity contribution in [2.75, 3.05) is 0 Å². The van der Waals surface area contributed by atoms with E-state index in [1.807, 2.05) is 0 Å². The van der Waals surface area contributed by atoms with E-state index in [4.69, 9.17) is 23.2 Å². The zero-order chi connectivity index (χ0) is 13.3. The van der Waals surface area contributed by atoms with Crippen LogP contribution in [0.5, 0.6) is 0 Å². The summed E-state index contributed by atoms with van der Waals surface area (Å²) < 4.78 is 14.4. The third kappa shape index (κ3) is 2.66. The molecule has 0 fully saturated rings. The minimum Gasteiger partial charge on any atom is -0.386 e. The highest BCUT2D eigenvalue weighted by atomic mass is 35.5. The number of aryl methyl sites for hydroxylation is 1. The Labute approximate surface area is 114 Å². The van der Waals surface area contributed by atoms with Gasteiger partial charge < -0.3 is 5.11 Å². The molecule has 0 aliphatic carbocycles. The van der Waals surface area contributed by atoms with Crippen LogP contribution in [-0.4, -0.2) is 14.9 Å². The lowest BCUT2D eigenvalue weighted by molar-refractivity contribution is 0.168. The maximum absolute atomic E-state index is 12.9. The van der Waals surface area contributed by atoms with Crippen molar-refractivity contribution < 1.29 is 9.50 Å². The minimum absolute atomic E-state index is 0.248. The molecule has 0 aliphatic rings. The second-order valence-corrected chi connectivity index (χ2v) is 4.77. The molecule has 6 heteroatoms. The van der Waals surface area contributed by atoms with Gasteiger partial charge in [0.15, 0.2) is 0 Å². The van der Waals surface area contributed by atoms with E-state index < -0.39 is 11.9 Å². The fourth-order valence-electron chi connectivity index (χ4n) is 1.79. The molecule has 1 atom stereocenters. The van der Waals surface area contributed by atoms with Crippen molar-refractivity contribution in [1.29, 1.82) is 0 Å². The van der Waals surface area contributed by atoms with E-state index in [9.17, 15) is 9.50 Å². The second kappa shape index (κ2) is 5.26. The van der Waals surface area contributed by atoms with E-state index in [1.165, 1.54) is 23.0 Å². The molecule has 2 aromatic rings. The molecule has 0 spiro atoms. The smallest absolute Gasteiger partial charge is 0.124 e.